The van der Waals surface area contributed by atoms with Crippen LogP contribution in [-0.4, -0.2) is 23.2 Å². The van der Waals surface area contributed by atoms with Gasteiger partial charge >= 0.3 is 0 Å². The van der Waals surface area contributed by atoms with Crippen molar-refractivity contribution in [2.24, 2.45) is 0 Å². The molecule has 0 atom stereocenters. The molecule has 3 aromatic rings. The Kier molecular flexibility index (Phi) is 3.55. The molecule has 0 bridgehead atoms. The molecule has 3 rings (SSSR count). The lowest BCUT2D eigenvalue weighted by Gasteiger charge is -2.00. The summed E-state index contributed by atoms with van der Waals surface area (Å²) in [5.41, 5.74) is 1.69. The van der Waals surface area contributed by atoms with Crippen molar-refractivity contribution in [2.75, 3.05) is 7.11 Å². The Morgan fingerprint density at radius 2 is 2.24 bits per heavy atom. The number of aldehydes is 1. The summed E-state index contributed by atoms with van der Waals surface area (Å²) in [7, 11) is 1.59. The van der Waals surface area contributed by atoms with E-state index in [-0.39, 0.29) is 0 Å². The van der Waals surface area contributed by atoms with E-state index in [1.54, 1.807) is 18.0 Å². The van der Waals surface area contributed by atoms with Gasteiger partial charge in [-0.15, -0.1) is 0 Å². The van der Waals surface area contributed by atoms with E-state index in [0.717, 1.165) is 16.1 Å². The molecule has 0 aliphatic carbocycles. The summed E-state index contributed by atoms with van der Waals surface area (Å²) in [5.74, 6) is 1.18. The molecule has 0 spiro atoms. The maximum atomic E-state index is 11.2. The Balaban J connectivity index is 2.21. The molecule has 2 heterocycles. The summed E-state index contributed by atoms with van der Waals surface area (Å²) >= 11 is 3.44. The average Bonchev–Trinajstić information content (AvgIpc) is 3.08. The van der Waals surface area contributed by atoms with Crippen LogP contribution in [0.2, 0.25) is 0 Å². The first-order chi connectivity index (χ1) is 10.2. The van der Waals surface area contributed by atoms with Crippen LogP contribution in [0.1, 0.15) is 17.3 Å². The number of fused-ring (bicyclic) bond motifs is 1. The maximum Gasteiger partial charge on any atom is 0.176 e. The molecule has 0 saturated heterocycles. The number of furan rings is 1. The van der Waals surface area contributed by atoms with Crippen LogP contribution in [0.5, 0.6) is 5.75 Å². The van der Waals surface area contributed by atoms with Crippen LogP contribution < -0.4 is 4.74 Å². The third-order valence-electron chi connectivity index (χ3n) is 3.24. The number of aromatic nitrogens is 2. The van der Waals surface area contributed by atoms with E-state index in [9.17, 15) is 4.79 Å². The van der Waals surface area contributed by atoms with Gasteiger partial charge in [0.15, 0.2) is 23.4 Å². The van der Waals surface area contributed by atoms with Gasteiger partial charge in [0.05, 0.1) is 12.7 Å². The molecule has 1 aromatic carbocycles. The fourth-order valence-electron chi connectivity index (χ4n) is 2.23. The van der Waals surface area contributed by atoms with Gasteiger partial charge in [-0.3, -0.25) is 9.48 Å². The molecule has 0 saturated carbocycles. The summed E-state index contributed by atoms with van der Waals surface area (Å²) in [6.45, 7) is 2.65. The number of carbonyl (C=O) groups excluding carboxylic acids is 1. The number of aryl methyl sites for hydroxylation is 1. The highest BCUT2D eigenvalue weighted by atomic mass is 79.9. The van der Waals surface area contributed by atoms with Gasteiger partial charge in [-0.2, -0.15) is 5.10 Å². The first-order valence-corrected chi connectivity index (χ1v) is 7.25. The predicted molar refractivity (Wildman–Crippen MR) is 82.7 cm³/mol. The van der Waals surface area contributed by atoms with E-state index in [4.69, 9.17) is 9.15 Å². The van der Waals surface area contributed by atoms with E-state index >= 15 is 0 Å². The number of hydrogen-bond donors (Lipinski definition) is 0. The summed E-state index contributed by atoms with van der Waals surface area (Å²) in [6.07, 6.45) is 2.50. The quantitative estimate of drug-likeness (QED) is 0.671. The van der Waals surface area contributed by atoms with E-state index in [0.29, 0.717) is 34.9 Å². The highest BCUT2D eigenvalue weighted by Gasteiger charge is 2.17. The summed E-state index contributed by atoms with van der Waals surface area (Å²) < 4.78 is 13.8. The molecular weight excluding hydrogens is 336 g/mol. The standard InChI is InChI=1S/C15H13BrN2O3/c1-3-18-7-10(8-19)14(17-18)12-5-9-4-11(16)6-13(20-2)15(9)21-12/h4-8H,3H2,1-2H3. The Morgan fingerprint density at radius 3 is 2.90 bits per heavy atom. The molecular formula is C15H13BrN2O3. The van der Waals surface area contributed by atoms with Gasteiger partial charge in [-0.05, 0) is 25.1 Å². The third-order valence-corrected chi connectivity index (χ3v) is 3.70. The Morgan fingerprint density at radius 1 is 1.43 bits per heavy atom. The molecule has 108 valence electrons. The number of rotatable bonds is 4. The van der Waals surface area contributed by atoms with E-state index in [1.165, 1.54) is 0 Å². The number of nitrogens with zero attached hydrogens (tertiary/aromatic N) is 2. The first kappa shape index (κ1) is 13.9. The minimum atomic E-state index is 0.508. The Labute approximate surface area is 129 Å². The van der Waals surface area contributed by atoms with Crippen molar-refractivity contribution in [1.29, 1.82) is 0 Å². The van der Waals surface area contributed by atoms with Crippen molar-refractivity contribution in [1.82, 2.24) is 9.78 Å². The smallest absolute Gasteiger partial charge is 0.176 e. The minimum absolute atomic E-state index is 0.508. The fourth-order valence-corrected chi connectivity index (χ4v) is 2.69. The van der Waals surface area contributed by atoms with Gasteiger partial charge in [0.2, 0.25) is 0 Å². The molecule has 0 aliphatic rings. The van der Waals surface area contributed by atoms with Crippen molar-refractivity contribution < 1.29 is 13.9 Å². The van der Waals surface area contributed by atoms with E-state index in [2.05, 4.69) is 21.0 Å². The number of methoxy groups -OCH3 is 1. The Bertz CT molecular complexity index is 820. The van der Waals surface area contributed by atoms with Crippen molar-refractivity contribution in [2.45, 2.75) is 13.5 Å². The van der Waals surface area contributed by atoms with Crippen molar-refractivity contribution in [3.8, 4) is 17.2 Å². The van der Waals surface area contributed by atoms with Crippen LogP contribution in [0, 0.1) is 0 Å². The van der Waals surface area contributed by atoms with Crippen LogP contribution in [0.3, 0.4) is 0 Å². The number of carbonyl (C=O) groups is 1. The molecule has 0 amide bonds. The van der Waals surface area contributed by atoms with Crippen molar-refractivity contribution in [3.63, 3.8) is 0 Å². The molecule has 2 aromatic heterocycles. The van der Waals surface area contributed by atoms with Crippen molar-refractivity contribution >= 4 is 33.2 Å². The highest BCUT2D eigenvalue weighted by molar-refractivity contribution is 9.10. The monoisotopic (exact) mass is 348 g/mol. The second-order valence-electron chi connectivity index (χ2n) is 4.54. The number of halogens is 1. The largest absolute Gasteiger partial charge is 0.493 e. The topological polar surface area (TPSA) is 57.3 Å². The Hall–Kier alpha value is -2.08. The zero-order valence-corrected chi connectivity index (χ0v) is 13.2. The zero-order valence-electron chi connectivity index (χ0n) is 11.6. The summed E-state index contributed by atoms with van der Waals surface area (Å²) in [6, 6.07) is 5.63. The van der Waals surface area contributed by atoms with E-state index < -0.39 is 0 Å². The zero-order chi connectivity index (χ0) is 15.0. The van der Waals surface area contributed by atoms with Gasteiger partial charge in [-0.25, -0.2) is 0 Å². The molecule has 0 radical (unpaired) electrons. The number of benzene rings is 1. The second kappa shape index (κ2) is 5.37. The molecule has 5 nitrogen and oxygen atoms in total. The van der Waals surface area contributed by atoms with Crippen LogP contribution in [0.4, 0.5) is 0 Å². The second-order valence-corrected chi connectivity index (χ2v) is 5.46. The molecule has 6 heteroatoms. The average molecular weight is 349 g/mol. The number of hydrogen-bond acceptors (Lipinski definition) is 4. The van der Waals surface area contributed by atoms with Gasteiger partial charge in [0.25, 0.3) is 0 Å². The van der Waals surface area contributed by atoms with Crippen LogP contribution in [0.25, 0.3) is 22.4 Å². The fraction of sp³-hybridized carbons (Fsp3) is 0.200. The normalized spacial score (nSPS) is 11.0. The lowest BCUT2D eigenvalue weighted by atomic mass is 10.2. The molecule has 0 aliphatic heterocycles. The van der Waals surface area contributed by atoms with Gasteiger partial charge in [-0.1, -0.05) is 15.9 Å². The molecule has 0 unspecified atom stereocenters. The third kappa shape index (κ3) is 2.35. The van der Waals surface area contributed by atoms with Crippen LogP contribution in [-0.2, 0) is 6.54 Å². The van der Waals surface area contributed by atoms with Gasteiger partial charge in [0, 0.05) is 22.6 Å². The number of ether oxygens (including phenoxy) is 1. The first-order valence-electron chi connectivity index (χ1n) is 6.46. The lowest BCUT2D eigenvalue weighted by Crippen LogP contribution is -1.93. The van der Waals surface area contributed by atoms with Crippen LogP contribution >= 0.6 is 15.9 Å². The van der Waals surface area contributed by atoms with Gasteiger partial charge < -0.3 is 9.15 Å². The molecule has 0 fully saturated rings. The summed E-state index contributed by atoms with van der Waals surface area (Å²) in [4.78, 5) is 11.2. The molecule has 21 heavy (non-hydrogen) atoms. The molecule has 0 N–H and O–H groups in total. The minimum Gasteiger partial charge on any atom is -0.493 e. The van der Waals surface area contributed by atoms with Crippen LogP contribution in [0.15, 0.2) is 33.3 Å². The maximum absolute atomic E-state index is 11.2. The van der Waals surface area contributed by atoms with E-state index in [1.807, 2.05) is 25.1 Å². The SMILES string of the molecule is CCn1cc(C=O)c(-c2cc3cc(Br)cc(OC)c3o2)n1. The predicted octanol–water partition coefficient (Wildman–Crippen LogP) is 3.90. The summed E-state index contributed by atoms with van der Waals surface area (Å²) in [5, 5.41) is 5.27. The highest BCUT2D eigenvalue weighted by Crippen LogP contribution is 2.36. The van der Waals surface area contributed by atoms with Crippen molar-refractivity contribution in [3.05, 3.63) is 34.4 Å². The van der Waals surface area contributed by atoms with Gasteiger partial charge in [0.1, 0.15) is 5.69 Å². The lowest BCUT2D eigenvalue weighted by molar-refractivity contribution is 0.112.